The smallest absolute Gasteiger partial charge is 0.243 e. The summed E-state index contributed by atoms with van der Waals surface area (Å²) in [5.41, 5.74) is 3.52. The van der Waals surface area contributed by atoms with Crippen LogP contribution < -0.4 is 0 Å². The van der Waals surface area contributed by atoms with Gasteiger partial charge < -0.3 is 9.80 Å². The molecule has 0 aromatic heterocycles. The minimum absolute atomic E-state index is 0.309. The second-order valence-corrected chi connectivity index (χ2v) is 8.89. The minimum Gasteiger partial charge on any atom is -0.338 e. The first kappa shape index (κ1) is 20.1. The number of hydrogen-bond donors (Lipinski definition) is 0. The zero-order valence-corrected chi connectivity index (χ0v) is 18.0. The molecule has 1 saturated heterocycles. The van der Waals surface area contributed by atoms with Crippen molar-refractivity contribution in [1.82, 2.24) is 14.7 Å². The van der Waals surface area contributed by atoms with Gasteiger partial charge in [-0.2, -0.15) is 0 Å². The lowest BCUT2D eigenvalue weighted by Gasteiger charge is -2.45. The van der Waals surface area contributed by atoms with E-state index in [0.29, 0.717) is 11.9 Å². The monoisotopic (exact) mass is 391 g/mol. The molecule has 4 rings (SSSR count). The Morgan fingerprint density at radius 2 is 1.66 bits per heavy atom. The molecule has 4 nitrogen and oxygen atoms in total. The van der Waals surface area contributed by atoms with Crippen LogP contribution in [0.2, 0.25) is 0 Å². The Morgan fingerprint density at radius 3 is 2.28 bits per heavy atom. The molecule has 1 fully saturated rings. The molecule has 1 heterocycles. The summed E-state index contributed by atoms with van der Waals surface area (Å²) in [6.45, 7) is 5.69. The number of amides is 1. The van der Waals surface area contributed by atoms with Crippen molar-refractivity contribution in [3.05, 3.63) is 71.3 Å². The number of carbonyl (C=O) groups excluding carboxylic acids is 1. The summed E-state index contributed by atoms with van der Waals surface area (Å²) in [7, 11) is 4.30. The molecular weight excluding hydrogens is 358 g/mol. The zero-order chi connectivity index (χ0) is 20.4. The maximum atomic E-state index is 14.0. The lowest BCUT2D eigenvalue weighted by molar-refractivity contribution is -0.146. The SMILES string of the molecule is C[C@H]1CN(C(=O)C2(N(C)CCc3ccccc3)Cc3ccccc3C2)CCN1C. The normalized spacial score (nSPS) is 21.4. The fourth-order valence-electron chi connectivity index (χ4n) is 4.86. The van der Waals surface area contributed by atoms with E-state index < -0.39 is 5.54 Å². The maximum Gasteiger partial charge on any atom is 0.243 e. The van der Waals surface area contributed by atoms with Crippen LogP contribution in [0.1, 0.15) is 23.6 Å². The van der Waals surface area contributed by atoms with Crippen molar-refractivity contribution in [3.8, 4) is 0 Å². The van der Waals surface area contributed by atoms with E-state index in [4.69, 9.17) is 0 Å². The molecule has 154 valence electrons. The first-order valence-electron chi connectivity index (χ1n) is 10.8. The number of fused-ring (bicyclic) bond motifs is 1. The summed E-state index contributed by atoms with van der Waals surface area (Å²) < 4.78 is 0. The number of piperazine rings is 1. The van der Waals surface area contributed by atoms with Gasteiger partial charge in [-0.1, -0.05) is 54.6 Å². The van der Waals surface area contributed by atoms with Gasteiger partial charge >= 0.3 is 0 Å². The van der Waals surface area contributed by atoms with E-state index >= 15 is 0 Å². The largest absolute Gasteiger partial charge is 0.338 e. The number of rotatable bonds is 5. The van der Waals surface area contributed by atoms with E-state index in [2.05, 4.69) is 90.3 Å². The van der Waals surface area contributed by atoms with Crippen LogP contribution in [0.25, 0.3) is 0 Å². The van der Waals surface area contributed by atoms with Crippen molar-refractivity contribution < 1.29 is 4.79 Å². The van der Waals surface area contributed by atoms with Crippen LogP contribution in [-0.2, 0) is 24.1 Å². The van der Waals surface area contributed by atoms with Gasteiger partial charge in [-0.15, -0.1) is 0 Å². The average Bonchev–Trinajstić information content (AvgIpc) is 3.15. The van der Waals surface area contributed by atoms with Gasteiger partial charge in [-0.05, 0) is 44.1 Å². The number of nitrogens with zero attached hydrogens (tertiary/aromatic N) is 3. The van der Waals surface area contributed by atoms with Crippen molar-refractivity contribution in [2.24, 2.45) is 0 Å². The molecule has 29 heavy (non-hydrogen) atoms. The zero-order valence-electron chi connectivity index (χ0n) is 18.0. The summed E-state index contributed by atoms with van der Waals surface area (Å²) in [6.07, 6.45) is 2.59. The van der Waals surface area contributed by atoms with E-state index in [-0.39, 0.29) is 0 Å². The highest BCUT2D eigenvalue weighted by atomic mass is 16.2. The summed E-state index contributed by atoms with van der Waals surface area (Å²) in [5, 5.41) is 0. The third kappa shape index (κ3) is 3.96. The van der Waals surface area contributed by atoms with Crippen molar-refractivity contribution in [2.45, 2.75) is 37.8 Å². The van der Waals surface area contributed by atoms with E-state index in [9.17, 15) is 4.79 Å². The van der Waals surface area contributed by atoms with Gasteiger partial charge in [0.15, 0.2) is 0 Å². The molecule has 2 aliphatic rings. The Morgan fingerprint density at radius 1 is 1.03 bits per heavy atom. The Balaban J connectivity index is 1.57. The molecule has 1 amide bonds. The molecule has 0 radical (unpaired) electrons. The van der Waals surface area contributed by atoms with Gasteiger partial charge in [0.25, 0.3) is 0 Å². The van der Waals surface area contributed by atoms with Gasteiger partial charge in [-0.25, -0.2) is 0 Å². The van der Waals surface area contributed by atoms with Crippen LogP contribution in [-0.4, -0.2) is 72.5 Å². The summed E-state index contributed by atoms with van der Waals surface area (Å²) >= 11 is 0. The molecule has 1 aliphatic heterocycles. The van der Waals surface area contributed by atoms with Crippen LogP contribution in [0.3, 0.4) is 0 Å². The standard InChI is InChI=1S/C25H33N3O/c1-20-19-28(16-15-26(20)2)24(29)25(17-22-11-7-8-12-23(22)18-25)27(3)14-13-21-9-5-4-6-10-21/h4-12,20H,13-19H2,1-3H3/t20-/m0/s1. The Bertz CT molecular complexity index is 825. The highest BCUT2D eigenvalue weighted by Gasteiger charge is 2.49. The summed E-state index contributed by atoms with van der Waals surface area (Å²) in [6, 6.07) is 19.6. The highest BCUT2D eigenvalue weighted by molar-refractivity contribution is 5.88. The predicted octanol–water partition coefficient (Wildman–Crippen LogP) is 2.86. The van der Waals surface area contributed by atoms with Crippen LogP contribution in [0.4, 0.5) is 0 Å². The lowest BCUT2D eigenvalue weighted by atomic mass is 9.90. The number of hydrogen-bond acceptors (Lipinski definition) is 3. The second-order valence-electron chi connectivity index (χ2n) is 8.89. The van der Waals surface area contributed by atoms with Gasteiger partial charge in [0.1, 0.15) is 5.54 Å². The van der Waals surface area contributed by atoms with Gasteiger partial charge in [0.05, 0.1) is 0 Å². The van der Waals surface area contributed by atoms with E-state index in [1.54, 1.807) is 0 Å². The quantitative estimate of drug-likeness (QED) is 0.784. The molecule has 0 unspecified atom stereocenters. The molecule has 0 spiro atoms. The van der Waals surface area contributed by atoms with Crippen LogP contribution in [0.5, 0.6) is 0 Å². The lowest BCUT2D eigenvalue weighted by Crippen LogP contribution is -2.63. The van der Waals surface area contributed by atoms with Gasteiger partial charge in [0.2, 0.25) is 5.91 Å². The van der Waals surface area contributed by atoms with Gasteiger partial charge in [-0.3, -0.25) is 9.69 Å². The number of carbonyl (C=O) groups is 1. The molecule has 2 aromatic rings. The molecule has 1 atom stereocenters. The van der Waals surface area contributed by atoms with Crippen LogP contribution in [0, 0.1) is 0 Å². The molecule has 0 N–H and O–H groups in total. The highest BCUT2D eigenvalue weighted by Crippen LogP contribution is 2.36. The first-order chi connectivity index (χ1) is 14.0. The predicted molar refractivity (Wildman–Crippen MR) is 118 cm³/mol. The molecule has 2 aromatic carbocycles. The first-order valence-corrected chi connectivity index (χ1v) is 10.8. The van der Waals surface area contributed by atoms with E-state index in [1.807, 2.05) is 0 Å². The molecule has 1 aliphatic carbocycles. The Hall–Kier alpha value is -2.17. The third-order valence-corrected chi connectivity index (χ3v) is 7.04. The molecular formula is C25H33N3O. The van der Waals surface area contributed by atoms with Crippen LogP contribution in [0.15, 0.2) is 54.6 Å². The molecule has 0 saturated carbocycles. The van der Waals surface area contributed by atoms with Crippen molar-refractivity contribution >= 4 is 5.91 Å². The van der Waals surface area contributed by atoms with Crippen molar-refractivity contribution in [3.63, 3.8) is 0 Å². The summed E-state index contributed by atoms with van der Waals surface area (Å²) in [4.78, 5) is 20.8. The average molecular weight is 392 g/mol. The number of likely N-dealkylation sites (N-methyl/N-ethyl adjacent to an activating group) is 2. The number of benzene rings is 2. The molecule has 0 bridgehead atoms. The Kier molecular flexibility index (Phi) is 5.75. The minimum atomic E-state index is -0.464. The molecule has 4 heteroatoms. The van der Waals surface area contributed by atoms with E-state index in [0.717, 1.165) is 45.4 Å². The third-order valence-electron chi connectivity index (χ3n) is 7.04. The Labute approximate surface area is 175 Å². The topological polar surface area (TPSA) is 26.8 Å². The fraction of sp³-hybridized carbons (Fsp3) is 0.480. The van der Waals surface area contributed by atoms with Gasteiger partial charge in [0, 0.05) is 45.1 Å². The maximum absolute atomic E-state index is 14.0. The second kappa shape index (κ2) is 8.29. The fourth-order valence-corrected chi connectivity index (χ4v) is 4.86. The summed E-state index contributed by atoms with van der Waals surface area (Å²) in [5.74, 6) is 0.309. The van der Waals surface area contributed by atoms with Crippen LogP contribution >= 0.6 is 0 Å². The van der Waals surface area contributed by atoms with Crippen molar-refractivity contribution in [1.29, 1.82) is 0 Å². The van der Waals surface area contributed by atoms with E-state index in [1.165, 1.54) is 16.7 Å². The van der Waals surface area contributed by atoms with Crippen molar-refractivity contribution in [2.75, 3.05) is 40.3 Å².